The van der Waals surface area contributed by atoms with Crippen molar-refractivity contribution < 1.29 is 33.2 Å². The summed E-state index contributed by atoms with van der Waals surface area (Å²) in [6.07, 6.45) is -1.39. The van der Waals surface area contributed by atoms with Crippen molar-refractivity contribution >= 4 is 17.9 Å². The quantitative estimate of drug-likeness (QED) is 0.208. The van der Waals surface area contributed by atoms with Crippen LogP contribution >= 0.6 is 11.9 Å². The van der Waals surface area contributed by atoms with E-state index in [2.05, 4.69) is 0 Å². The molecule has 0 aliphatic carbocycles. The average molecular weight is 592 g/mol. The zero-order valence-electron chi connectivity index (χ0n) is 24.0. The molecule has 1 amide bonds. The number of benzene rings is 3. The molecule has 42 heavy (non-hydrogen) atoms. The summed E-state index contributed by atoms with van der Waals surface area (Å²) in [7, 11) is 0. The third-order valence-electron chi connectivity index (χ3n) is 7.75. The Morgan fingerprint density at radius 1 is 0.881 bits per heavy atom. The highest BCUT2D eigenvalue weighted by Crippen LogP contribution is 2.46. The molecule has 0 N–H and O–H groups in total. The van der Waals surface area contributed by atoms with Crippen LogP contribution in [-0.4, -0.2) is 65.8 Å². The maximum Gasteiger partial charge on any atom is 0.246 e. The van der Waals surface area contributed by atoms with Gasteiger partial charge in [-0.2, -0.15) is 0 Å². The van der Waals surface area contributed by atoms with E-state index in [0.29, 0.717) is 13.2 Å². The van der Waals surface area contributed by atoms with Crippen LogP contribution in [0.1, 0.15) is 36.5 Å². The van der Waals surface area contributed by atoms with Crippen LogP contribution in [0.5, 0.6) is 0 Å². The van der Waals surface area contributed by atoms with Crippen molar-refractivity contribution in [3.8, 4) is 0 Å². The Morgan fingerprint density at radius 3 is 2.14 bits per heavy atom. The van der Waals surface area contributed by atoms with Crippen molar-refractivity contribution in [2.75, 3.05) is 12.9 Å². The van der Waals surface area contributed by atoms with Crippen LogP contribution in [0.25, 0.3) is 0 Å². The lowest BCUT2D eigenvalue weighted by molar-refractivity contribution is -0.249. The second-order valence-corrected chi connectivity index (χ2v) is 11.9. The minimum atomic E-state index is -0.834. The van der Waals surface area contributed by atoms with E-state index >= 15 is 0 Å². The molecule has 7 atom stereocenters. The van der Waals surface area contributed by atoms with E-state index in [-0.39, 0.29) is 12.5 Å². The molecule has 3 heterocycles. The van der Waals surface area contributed by atoms with Gasteiger partial charge in [0.05, 0.1) is 19.8 Å². The molecule has 222 valence electrons. The summed E-state index contributed by atoms with van der Waals surface area (Å²) in [5.74, 6) is -1.25. The Balaban J connectivity index is 1.25. The predicted octanol–water partition coefficient (Wildman–Crippen LogP) is 5.28. The number of ether oxygens (including phenoxy) is 6. The summed E-state index contributed by atoms with van der Waals surface area (Å²) in [5, 5.41) is 0. The number of amides is 1. The van der Waals surface area contributed by atoms with Gasteiger partial charge in [0.2, 0.25) is 5.91 Å². The Morgan fingerprint density at radius 2 is 1.50 bits per heavy atom. The van der Waals surface area contributed by atoms with E-state index in [9.17, 15) is 4.79 Å². The molecule has 3 saturated heterocycles. The molecule has 0 radical (unpaired) electrons. The monoisotopic (exact) mass is 591 g/mol. The fourth-order valence-electron chi connectivity index (χ4n) is 5.73. The van der Waals surface area contributed by atoms with Crippen LogP contribution in [0.15, 0.2) is 91.0 Å². The standard InChI is InChI=1S/C33H37NO7S/c1-33(2)40-29-28(38-31-26(30(35)34(31)42-3)24-17-11-6-12-18-24)27(39-32(29)41-33)25(37-20-23-15-9-5-10-16-23)21-36-19-22-13-7-4-8-14-22/h4-18,25-29,31-32H,19-21H2,1-3H3/t25-,26+,27-,28+,29-,31-,32-/m1/s1. The van der Waals surface area contributed by atoms with Gasteiger partial charge < -0.3 is 28.4 Å². The highest BCUT2D eigenvalue weighted by molar-refractivity contribution is 7.96. The summed E-state index contributed by atoms with van der Waals surface area (Å²) < 4.78 is 40.1. The number of β-lactam (4-membered cyclic amide) rings is 1. The molecule has 0 saturated carbocycles. The van der Waals surface area contributed by atoms with Crippen molar-refractivity contribution in [3.63, 3.8) is 0 Å². The topological polar surface area (TPSA) is 75.7 Å². The molecular weight excluding hydrogens is 554 g/mol. The second-order valence-electron chi connectivity index (χ2n) is 11.1. The number of hydrogen-bond acceptors (Lipinski definition) is 8. The molecular formula is C33H37NO7S. The summed E-state index contributed by atoms with van der Waals surface area (Å²) in [6.45, 7) is 4.81. The minimum absolute atomic E-state index is 0.0118. The molecule has 3 aliphatic rings. The van der Waals surface area contributed by atoms with E-state index in [1.54, 1.807) is 4.31 Å². The van der Waals surface area contributed by atoms with Gasteiger partial charge in [0.25, 0.3) is 0 Å². The average Bonchev–Trinajstić information content (AvgIpc) is 3.48. The highest BCUT2D eigenvalue weighted by atomic mass is 32.2. The first-order chi connectivity index (χ1) is 20.4. The van der Waals surface area contributed by atoms with E-state index < -0.39 is 48.6 Å². The van der Waals surface area contributed by atoms with Crippen molar-refractivity contribution in [2.45, 2.75) is 75.7 Å². The molecule has 3 aromatic carbocycles. The van der Waals surface area contributed by atoms with E-state index in [4.69, 9.17) is 28.4 Å². The van der Waals surface area contributed by atoms with E-state index in [1.165, 1.54) is 11.9 Å². The van der Waals surface area contributed by atoms with Crippen LogP contribution in [0, 0.1) is 0 Å². The molecule has 0 aromatic heterocycles. The van der Waals surface area contributed by atoms with Crippen LogP contribution < -0.4 is 0 Å². The lowest BCUT2D eigenvalue weighted by Crippen LogP contribution is -2.60. The molecule has 3 aromatic rings. The largest absolute Gasteiger partial charge is 0.374 e. The van der Waals surface area contributed by atoms with Crippen molar-refractivity contribution in [1.29, 1.82) is 0 Å². The van der Waals surface area contributed by atoms with Crippen molar-refractivity contribution in [1.82, 2.24) is 4.31 Å². The number of nitrogens with zero attached hydrogens (tertiary/aromatic N) is 1. The van der Waals surface area contributed by atoms with Crippen LogP contribution in [0.4, 0.5) is 0 Å². The van der Waals surface area contributed by atoms with Gasteiger partial charge in [-0.1, -0.05) is 91.0 Å². The van der Waals surface area contributed by atoms with Gasteiger partial charge in [0.15, 0.2) is 18.3 Å². The third-order valence-corrected chi connectivity index (χ3v) is 8.53. The highest BCUT2D eigenvalue weighted by Gasteiger charge is 2.60. The van der Waals surface area contributed by atoms with Gasteiger partial charge in [0, 0.05) is 6.26 Å². The first kappa shape index (κ1) is 29.3. The molecule has 3 aliphatic heterocycles. The summed E-state index contributed by atoms with van der Waals surface area (Å²) in [6, 6.07) is 29.8. The summed E-state index contributed by atoms with van der Waals surface area (Å²) >= 11 is 1.35. The predicted molar refractivity (Wildman–Crippen MR) is 158 cm³/mol. The number of carbonyl (C=O) groups is 1. The van der Waals surface area contributed by atoms with Gasteiger partial charge in [-0.15, -0.1) is 0 Å². The zero-order chi connectivity index (χ0) is 29.1. The fourth-order valence-corrected chi connectivity index (χ4v) is 6.41. The SMILES string of the molecule is CSN1C(=O)[C@H](c2ccccc2)[C@H]1O[C@@H]1[C@H]2OC(C)(C)O[C@H]2O[C@@H]1[C@@H](COCc1ccccc1)OCc1ccccc1. The van der Waals surface area contributed by atoms with Crippen molar-refractivity contribution in [3.05, 3.63) is 108 Å². The lowest BCUT2D eigenvalue weighted by atomic mass is 9.90. The maximum absolute atomic E-state index is 13.2. The fraction of sp³-hybridized carbons (Fsp3) is 0.424. The summed E-state index contributed by atoms with van der Waals surface area (Å²) in [5.41, 5.74) is 3.02. The molecule has 8 nitrogen and oxygen atoms in total. The maximum atomic E-state index is 13.2. The zero-order valence-corrected chi connectivity index (χ0v) is 24.9. The second kappa shape index (κ2) is 12.9. The molecule has 0 bridgehead atoms. The van der Waals surface area contributed by atoms with Gasteiger partial charge in [-0.25, -0.2) is 0 Å². The normalized spacial score (nSPS) is 28.8. The third kappa shape index (κ3) is 6.28. The Bertz CT molecular complexity index is 1310. The van der Waals surface area contributed by atoms with Crippen LogP contribution in [-0.2, 0) is 46.4 Å². The van der Waals surface area contributed by atoms with Gasteiger partial charge >= 0.3 is 0 Å². The van der Waals surface area contributed by atoms with E-state index in [0.717, 1.165) is 16.7 Å². The van der Waals surface area contributed by atoms with Gasteiger partial charge in [0.1, 0.15) is 30.3 Å². The molecule has 0 unspecified atom stereocenters. The molecule has 9 heteroatoms. The van der Waals surface area contributed by atoms with Crippen LogP contribution in [0.3, 0.4) is 0 Å². The molecule has 3 fully saturated rings. The van der Waals surface area contributed by atoms with Crippen LogP contribution in [0.2, 0.25) is 0 Å². The number of fused-ring (bicyclic) bond motifs is 1. The Kier molecular flexibility index (Phi) is 8.97. The molecule has 0 spiro atoms. The van der Waals surface area contributed by atoms with Gasteiger partial charge in [-0.3, -0.25) is 9.10 Å². The Hall–Kier alpha value is -2.76. The minimum Gasteiger partial charge on any atom is -0.374 e. The first-order valence-corrected chi connectivity index (χ1v) is 15.5. The summed E-state index contributed by atoms with van der Waals surface area (Å²) in [4.78, 5) is 13.2. The molecule has 6 rings (SSSR count). The smallest absolute Gasteiger partial charge is 0.246 e. The number of carbonyl (C=O) groups excluding carboxylic acids is 1. The first-order valence-electron chi connectivity index (χ1n) is 14.3. The van der Waals surface area contributed by atoms with Crippen molar-refractivity contribution in [2.24, 2.45) is 0 Å². The number of rotatable bonds is 12. The number of hydrogen-bond donors (Lipinski definition) is 0. The lowest BCUT2D eigenvalue weighted by Gasteiger charge is -2.47. The Labute approximate surface area is 251 Å². The van der Waals surface area contributed by atoms with E-state index in [1.807, 2.05) is 111 Å². The van der Waals surface area contributed by atoms with Gasteiger partial charge in [-0.05, 0) is 42.5 Å².